The number of nitrogens with one attached hydrogen (secondary N) is 1. The zero-order chi connectivity index (χ0) is 21.2. The van der Waals surface area contributed by atoms with Gasteiger partial charge in [-0.2, -0.15) is 0 Å². The molecule has 1 aliphatic rings. The molecule has 0 bridgehead atoms. The van der Waals surface area contributed by atoms with Crippen molar-refractivity contribution in [2.45, 2.75) is 18.9 Å². The van der Waals surface area contributed by atoms with Crippen molar-refractivity contribution in [3.63, 3.8) is 0 Å². The molecule has 0 atom stereocenters. The molecule has 1 fully saturated rings. The predicted octanol–water partition coefficient (Wildman–Crippen LogP) is 1.10. The van der Waals surface area contributed by atoms with Gasteiger partial charge in [0.05, 0.1) is 34.5 Å². The summed E-state index contributed by atoms with van der Waals surface area (Å²) in [4.78, 5) is 26.6. The number of carbonyl (C=O) groups is 2. The molecule has 1 heterocycles. The molecule has 9 heteroatoms. The SMILES string of the molecule is COCCOCC(=O)N1CCC(NC(=O)c2cc(OC)c(OC)c(OC)c2)CC1. The highest BCUT2D eigenvalue weighted by molar-refractivity contribution is 5.95. The molecular formula is C20H30N2O7. The van der Waals surface area contributed by atoms with Crippen LogP contribution in [-0.2, 0) is 14.3 Å². The van der Waals surface area contributed by atoms with E-state index in [1.807, 2.05) is 0 Å². The summed E-state index contributed by atoms with van der Waals surface area (Å²) >= 11 is 0. The fourth-order valence-electron chi connectivity index (χ4n) is 3.15. The van der Waals surface area contributed by atoms with Crippen molar-refractivity contribution in [1.29, 1.82) is 0 Å². The molecule has 1 aliphatic heterocycles. The fraction of sp³-hybridized carbons (Fsp3) is 0.600. The van der Waals surface area contributed by atoms with Gasteiger partial charge in [-0.1, -0.05) is 0 Å². The summed E-state index contributed by atoms with van der Waals surface area (Å²) in [6.45, 7) is 2.05. The second-order valence-corrected chi connectivity index (χ2v) is 6.59. The third-order valence-electron chi connectivity index (χ3n) is 4.77. The minimum atomic E-state index is -0.225. The van der Waals surface area contributed by atoms with Gasteiger partial charge in [0.25, 0.3) is 5.91 Å². The van der Waals surface area contributed by atoms with E-state index in [1.54, 1.807) is 24.1 Å². The Morgan fingerprint density at radius 3 is 2.14 bits per heavy atom. The average molecular weight is 410 g/mol. The van der Waals surface area contributed by atoms with Gasteiger partial charge in [0.15, 0.2) is 11.5 Å². The molecule has 2 rings (SSSR count). The first kappa shape index (κ1) is 22.8. The van der Waals surface area contributed by atoms with Gasteiger partial charge >= 0.3 is 0 Å². The zero-order valence-corrected chi connectivity index (χ0v) is 17.5. The number of hydrogen-bond donors (Lipinski definition) is 1. The Bertz CT molecular complexity index is 662. The topological polar surface area (TPSA) is 95.6 Å². The van der Waals surface area contributed by atoms with E-state index in [0.29, 0.717) is 62.0 Å². The number of likely N-dealkylation sites (tertiary alicyclic amines) is 1. The summed E-state index contributed by atoms with van der Waals surface area (Å²) in [7, 11) is 6.11. The molecule has 0 aliphatic carbocycles. The normalized spacial score (nSPS) is 14.4. The second kappa shape index (κ2) is 11.5. The zero-order valence-electron chi connectivity index (χ0n) is 17.5. The number of piperidine rings is 1. The minimum Gasteiger partial charge on any atom is -0.493 e. The van der Waals surface area contributed by atoms with Crippen LogP contribution in [0.1, 0.15) is 23.2 Å². The second-order valence-electron chi connectivity index (χ2n) is 6.59. The number of nitrogens with zero attached hydrogens (tertiary/aromatic N) is 1. The maximum absolute atomic E-state index is 12.7. The molecule has 1 N–H and O–H groups in total. The van der Waals surface area contributed by atoms with E-state index in [4.69, 9.17) is 23.7 Å². The largest absolute Gasteiger partial charge is 0.493 e. The van der Waals surface area contributed by atoms with E-state index in [0.717, 1.165) is 0 Å². The predicted molar refractivity (Wildman–Crippen MR) is 106 cm³/mol. The van der Waals surface area contributed by atoms with Crippen molar-refractivity contribution < 1.29 is 33.3 Å². The van der Waals surface area contributed by atoms with Gasteiger partial charge in [-0.25, -0.2) is 0 Å². The van der Waals surface area contributed by atoms with E-state index in [-0.39, 0.29) is 24.5 Å². The quantitative estimate of drug-likeness (QED) is 0.577. The van der Waals surface area contributed by atoms with Crippen LogP contribution in [0.15, 0.2) is 12.1 Å². The molecule has 9 nitrogen and oxygen atoms in total. The number of methoxy groups -OCH3 is 4. The molecule has 2 amide bonds. The maximum Gasteiger partial charge on any atom is 0.251 e. The van der Waals surface area contributed by atoms with Gasteiger partial charge in [0.1, 0.15) is 6.61 Å². The molecule has 0 spiro atoms. The summed E-state index contributed by atoms with van der Waals surface area (Å²) in [5.74, 6) is 1.01. The number of amides is 2. The Morgan fingerprint density at radius 2 is 1.62 bits per heavy atom. The van der Waals surface area contributed by atoms with Crippen molar-refractivity contribution in [2.24, 2.45) is 0 Å². The van der Waals surface area contributed by atoms with Crippen molar-refractivity contribution in [2.75, 3.05) is 61.3 Å². The highest BCUT2D eigenvalue weighted by Gasteiger charge is 2.25. The van der Waals surface area contributed by atoms with Crippen LogP contribution in [0.2, 0.25) is 0 Å². The first-order valence-electron chi connectivity index (χ1n) is 9.49. The summed E-state index contributed by atoms with van der Waals surface area (Å²) in [5, 5.41) is 3.02. The van der Waals surface area contributed by atoms with Crippen LogP contribution in [0.4, 0.5) is 0 Å². The maximum atomic E-state index is 12.7. The van der Waals surface area contributed by atoms with Gasteiger partial charge in [-0.15, -0.1) is 0 Å². The van der Waals surface area contributed by atoms with E-state index in [1.165, 1.54) is 21.3 Å². The van der Waals surface area contributed by atoms with Crippen molar-refractivity contribution in [3.8, 4) is 17.2 Å². The molecule has 1 aromatic carbocycles. The number of hydrogen-bond acceptors (Lipinski definition) is 7. The molecule has 0 radical (unpaired) electrons. The lowest BCUT2D eigenvalue weighted by Gasteiger charge is -2.32. The van der Waals surface area contributed by atoms with Crippen molar-refractivity contribution in [1.82, 2.24) is 10.2 Å². The number of carbonyl (C=O) groups excluding carboxylic acids is 2. The smallest absolute Gasteiger partial charge is 0.251 e. The lowest BCUT2D eigenvalue weighted by Crippen LogP contribution is -2.47. The summed E-state index contributed by atoms with van der Waals surface area (Å²) in [6, 6.07) is 3.22. The Labute approximate surface area is 171 Å². The molecule has 1 saturated heterocycles. The van der Waals surface area contributed by atoms with E-state index >= 15 is 0 Å². The lowest BCUT2D eigenvalue weighted by atomic mass is 10.0. The monoisotopic (exact) mass is 410 g/mol. The average Bonchev–Trinajstić information content (AvgIpc) is 2.75. The van der Waals surface area contributed by atoms with Gasteiger partial charge in [-0.3, -0.25) is 9.59 Å². The summed E-state index contributed by atoms with van der Waals surface area (Å²) < 4.78 is 26.0. The summed E-state index contributed by atoms with van der Waals surface area (Å²) in [5.41, 5.74) is 0.421. The first-order chi connectivity index (χ1) is 14.0. The van der Waals surface area contributed by atoms with Crippen LogP contribution < -0.4 is 19.5 Å². The Morgan fingerprint density at radius 1 is 1.00 bits per heavy atom. The summed E-state index contributed by atoms with van der Waals surface area (Å²) in [6.07, 6.45) is 1.36. The van der Waals surface area contributed by atoms with Crippen LogP contribution in [0.5, 0.6) is 17.2 Å². The van der Waals surface area contributed by atoms with Crippen molar-refractivity contribution >= 4 is 11.8 Å². The van der Waals surface area contributed by atoms with E-state index < -0.39 is 0 Å². The Kier molecular flexibility index (Phi) is 9.01. The van der Waals surface area contributed by atoms with Crippen LogP contribution in [0.3, 0.4) is 0 Å². The van der Waals surface area contributed by atoms with Crippen LogP contribution in [0.25, 0.3) is 0 Å². The lowest BCUT2D eigenvalue weighted by molar-refractivity contribution is -0.137. The molecule has 29 heavy (non-hydrogen) atoms. The third kappa shape index (κ3) is 6.23. The minimum absolute atomic E-state index is 0.0138. The molecule has 162 valence electrons. The Hall–Kier alpha value is -2.52. The first-order valence-corrected chi connectivity index (χ1v) is 9.49. The fourth-order valence-corrected chi connectivity index (χ4v) is 3.15. The number of ether oxygens (including phenoxy) is 5. The standard InChI is InChI=1S/C20H30N2O7/c1-25-9-10-29-13-18(23)22-7-5-15(6-8-22)21-20(24)14-11-16(26-2)19(28-4)17(12-14)27-3/h11-12,15H,5-10,13H2,1-4H3,(H,21,24). The highest BCUT2D eigenvalue weighted by Crippen LogP contribution is 2.38. The van der Waals surface area contributed by atoms with Crippen molar-refractivity contribution in [3.05, 3.63) is 17.7 Å². The molecule has 0 unspecified atom stereocenters. The van der Waals surface area contributed by atoms with Gasteiger partial charge < -0.3 is 33.9 Å². The molecule has 0 aromatic heterocycles. The van der Waals surface area contributed by atoms with Gasteiger partial charge in [0.2, 0.25) is 11.7 Å². The van der Waals surface area contributed by atoms with Crippen LogP contribution in [0, 0.1) is 0 Å². The number of rotatable bonds is 10. The molecule has 0 saturated carbocycles. The van der Waals surface area contributed by atoms with E-state index in [9.17, 15) is 9.59 Å². The Balaban J connectivity index is 1.89. The molecular weight excluding hydrogens is 380 g/mol. The molecule has 1 aromatic rings. The van der Waals surface area contributed by atoms with Crippen LogP contribution in [-0.4, -0.2) is 84.1 Å². The number of benzene rings is 1. The third-order valence-corrected chi connectivity index (χ3v) is 4.77. The van der Waals surface area contributed by atoms with Crippen LogP contribution >= 0.6 is 0 Å². The van der Waals surface area contributed by atoms with Gasteiger partial charge in [0, 0.05) is 31.8 Å². The van der Waals surface area contributed by atoms with Gasteiger partial charge in [-0.05, 0) is 25.0 Å². The highest BCUT2D eigenvalue weighted by atomic mass is 16.5. The van der Waals surface area contributed by atoms with E-state index in [2.05, 4.69) is 5.32 Å².